The first-order valence-corrected chi connectivity index (χ1v) is 18.1. The molecule has 0 amide bonds. The summed E-state index contributed by atoms with van der Waals surface area (Å²) in [6.45, 7) is 0. The van der Waals surface area contributed by atoms with E-state index < -0.39 is 0 Å². The van der Waals surface area contributed by atoms with Crippen molar-refractivity contribution in [1.29, 1.82) is 0 Å². The SMILES string of the molecule is Clc1nc(-c2ccccc2)nc(-c2cccc(-c3ccccc3)c2)n1.Clc1nc(Cl)nc(-c2cccc(-c3ccccc3)c2)n1.Clc1nc(Cl)nc(Cl)n1. The van der Waals surface area contributed by atoms with Crippen molar-refractivity contribution >= 4 is 69.6 Å². The lowest BCUT2D eigenvalue weighted by molar-refractivity contribution is 1.05. The van der Waals surface area contributed by atoms with Crippen molar-refractivity contribution in [2.75, 3.05) is 0 Å². The molecule has 0 unspecified atom stereocenters. The predicted octanol–water partition coefficient (Wildman–Crippen LogP) is 11.9. The van der Waals surface area contributed by atoms with Crippen molar-refractivity contribution in [3.8, 4) is 56.4 Å². The summed E-state index contributed by atoms with van der Waals surface area (Å²) >= 11 is 33.7. The zero-order valence-electron chi connectivity index (χ0n) is 27.6. The monoisotopic (exact) mass is 827 g/mol. The molecule has 54 heavy (non-hydrogen) atoms. The molecule has 0 spiro atoms. The van der Waals surface area contributed by atoms with Gasteiger partial charge in [0, 0.05) is 16.7 Å². The molecule has 15 heteroatoms. The number of halogens is 6. The predicted molar refractivity (Wildman–Crippen MR) is 217 cm³/mol. The molecule has 0 aliphatic rings. The maximum Gasteiger partial charge on any atom is 0.227 e. The van der Waals surface area contributed by atoms with Gasteiger partial charge in [-0.2, -0.15) is 39.9 Å². The lowest BCUT2D eigenvalue weighted by atomic mass is 10.0. The average Bonchev–Trinajstić information content (AvgIpc) is 3.18. The summed E-state index contributed by atoms with van der Waals surface area (Å²) in [5.74, 6) is 1.60. The fraction of sp³-hybridized carbons (Fsp3) is 0. The van der Waals surface area contributed by atoms with Gasteiger partial charge in [-0.1, -0.05) is 127 Å². The van der Waals surface area contributed by atoms with Crippen LogP contribution in [0, 0.1) is 0 Å². The maximum atomic E-state index is 6.14. The molecule has 0 bridgehead atoms. The van der Waals surface area contributed by atoms with E-state index in [1.165, 1.54) is 0 Å². The Morgan fingerprint density at radius 1 is 0.222 bits per heavy atom. The molecule has 0 N–H and O–H groups in total. The summed E-state index contributed by atoms with van der Waals surface area (Å²) in [7, 11) is 0. The summed E-state index contributed by atoms with van der Waals surface area (Å²) in [5.41, 5.74) is 7.12. The van der Waals surface area contributed by atoms with Crippen LogP contribution in [-0.2, 0) is 0 Å². The molecule has 0 aliphatic carbocycles. The third kappa shape index (κ3) is 11.0. The third-order valence-electron chi connectivity index (χ3n) is 7.23. The Hall–Kier alpha value is -5.13. The van der Waals surface area contributed by atoms with Crippen molar-refractivity contribution in [2.24, 2.45) is 0 Å². The number of rotatable bonds is 5. The molecule has 3 heterocycles. The molecule has 9 nitrogen and oxygen atoms in total. The van der Waals surface area contributed by atoms with E-state index in [2.05, 4.69) is 69.1 Å². The Kier molecular flexibility index (Phi) is 13.4. The minimum Gasteiger partial charge on any atom is -0.208 e. The number of benzene rings is 5. The third-order valence-corrected chi connectivity index (χ3v) is 8.24. The number of aromatic nitrogens is 9. The first-order chi connectivity index (χ1) is 26.2. The molecule has 0 atom stereocenters. The van der Waals surface area contributed by atoms with E-state index in [9.17, 15) is 0 Å². The normalized spacial score (nSPS) is 10.4. The van der Waals surface area contributed by atoms with Gasteiger partial charge in [0.25, 0.3) is 0 Å². The van der Waals surface area contributed by atoms with Crippen LogP contribution >= 0.6 is 69.6 Å². The standard InChI is InChI=1S/C21H14ClN3.C15H9Cl2N3.C3Cl3N3/c22-21-24-19(16-10-5-2-6-11-16)23-20(25-21)18-13-7-12-17(14-18)15-8-3-1-4-9-15;16-14-18-13(19-15(17)20-14)12-8-4-7-11(9-12)10-5-2-1-3-6-10;4-1-7-2(5)9-3(6)8-1/h1-14H;1-9H;. The van der Waals surface area contributed by atoms with Crippen molar-refractivity contribution in [2.45, 2.75) is 0 Å². The largest absolute Gasteiger partial charge is 0.227 e. The van der Waals surface area contributed by atoms with E-state index in [4.69, 9.17) is 69.6 Å². The van der Waals surface area contributed by atoms with Gasteiger partial charge in [0.15, 0.2) is 17.5 Å². The zero-order valence-corrected chi connectivity index (χ0v) is 32.1. The van der Waals surface area contributed by atoms with Crippen LogP contribution in [0.25, 0.3) is 56.4 Å². The molecule has 0 aliphatic heterocycles. The van der Waals surface area contributed by atoms with Gasteiger partial charge >= 0.3 is 0 Å². The molecule has 0 saturated heterocycles. The van der Waals surface area contributed by atoms with Gasteiger partial charge in [-0.3, -0.25) is 0 Å². The molecule has 0 saturated carbocycles. The molecule has 3 aromatic heterocycles. The van der Waals surface area contributed by atoms with E-state index in [0.717, 1.165) is 38.9 Å². The summed E-state index contributed by atoms with van der Waals surface area (Å²) < 4.78 is 0. The van der Waals surface area contributed by atoms with Crippen LogP contribution < -0.4 is 0 Å². The Balaban J connectivity index is 0.000000153. The summed E-state index contributed by atoms with van der Waals surface area (Å²) in [6.07, 6.45) is 0. The molecular weight excluding hydrogens is 807 g/mol. The molecule has 8 aromatic rings. The Bertz CT molecular complexity index is 2410. The van der Waals surface area contributed by atoms with Crippen molar-refractivity contribution in [3.63, 3.8) is 0 Å². The molecule has 0 radical (unpaired) electrons. The lowest BCUT2D eigenvalue weighted by Gasteiger charge is -2.07. The Morgan fingerprint density at radius 3 is 0.870 bits per heavy atom. The van der Waals surface area contributed by atoms with E-state index in [-0.39, 0.29) is 31.7 Å². The van der Waals surface area contributed by atoms with Gasteiger partial charge in [0.05, 0.1) is 0 Å². The van der Waals surface area contributed by atoms with Crippen LogP contribution in [0.5, 0.6) is 0 Å². The summed E-state index contributed by atoms with van der Waals surface area (Å²) in [6, 6.07) is 46.0. The molecule has 0 fully saturated rings. The average molecular weight is 830 g/mol. The smallest absolute Gasteiger partial charge is 0.208 e. The Labute approximate surface area is 340 Å². The molecule has 266 valence electrons. The van der Waals surface area contributed by atoms with Crippen molar-refractivity contribution in [1.82, 2.24) is 44.9 Å². The second-order valence-corrected chi connectivity index (χ2v) is 12.9. The fourth-order valence-electron chi connectivity index (χ4n) is 4.89. The zero-order chi connectivity index (χ0) is 37.9. The van der Waals surface area contributed by atoms with E-state index in [0.29, 0.717) is 17.5 Å². The van der Waals surface area contributed by atoms with Gasteiger partial charge < -0.3 is 0 Å². The minimum atomic E-state index is 0.000000000000000444. The summed E-state index contributed by atoms with van der Waals surface area (Å²) in [4.78, 5) is 35.5. The van der Waals surface area contributed by atoms with Gasteiger partial charge in [0.1, 0.15) is 0 Å². The highest BCUT2D eigenvalue weighted by Crippen LogP contribution is 2.27. The van der Waals surface area contributed by atoms with Gasteiger partial charge in [-0.05, 0) is 104 Å². The first-order valence-electron chi connectivity index (χ1n) is 15.8. The fourth-order valence-corrected chi connectivity index (χ4v) is 6.02. The highest BCUT2D eigenvalue weighted by Gasteiger charge is 2.11. The quantitative estimate of drug-likeness (QED) is 0.167. The highest BCUT2D eigenvalue weighted by molar-refractivity contribution is 6.33. The minimum absolute atomic E-state index is 0.000000000000000444. The van der Waals surface area contributed by atoms with Crippen LogP contribution in [-0.4, -0.2) is 44.9 Å². The van der Waals surface area contributed by atoms with E-state index in [1.54, 1.807) is 0 Å². The van der Waals surface area contributed by atoms with Crippen LogP contribution in [0.15, 0.2) is 140 Å². The lowest BCUT2D eigenvalue weighted by Crippen LogP contribution is -1.97. The Morgan fingerprint density at radius 2 is 0.481 bits per heavy atom. The van der Waals surface area contributed by atoms with E-state index >= 15 is 0 Å². The second kappa shape index (κ2) is 18.8. The topological polar surface area (TPSA) is 116 Å². The maximum absolute atomic E-state index is 6.14. The molecule has 8 rings (SSSR count). The van der Waals surface area contributed by atoms with Crippen molar-refractivity contribution in [3.05, 3.63) is 171 Å². The van der Waals surface area contributed by atoms with Gasteiger partial charge in [0.2, 0.25) is 31.7 Å². The van der Waals surface area contributed by atoms with Crippen LogP contribution in [0.2, 0.25) is 31.7 Å². The second-order valence-electron chi connectivity index (χ2n) is 10.9. The van der Waals surface area contributed by atoms with E-state index in [1.807, 2.05) is 115 Å². The van der Waals surface area contributed by atoms with Gasteiger partial charge in [-0.15, -0.1) is 0 Å². The number of hydrogen-bond donors (Lipinski definition) is 0. The first kappa shape index (κ1) is 38.6. The number of hydrogen-bond acceptors (Lipinski definition) is 9. The summed E-state index contributed by atoms with van der Waals surface area (Å²) in [5, 5.41) is 0.365. The van der Waals surface area contributed by atoms with Crippen molar-refractivity contribution < 1.29 is 0 Å². The van der Waals surface area contributed by atoms with Crippen LogP contribution in [0.3, 0.4) is 0 Å². The van der Waals surface area contributed by atoms with Crippen LogP contribution in [0.1, 0.15) is 0 Å². The molecular formula is C39H23Cl6N9. The van der Waals surface area contributed by atoms with Gasteiger partial charge in [-0.25, -0.2) is 4.98 Å². The molecule has 5 aromatic carbocycles. The van der Waals surface area contributed by atoms with Crippen LogP contribution in [0.4, 0.5) is 0 Å². The number of nitrogens with zero attached hydrogens (tertiary/aromatic N) is 9. The highest BCUT2D eigenvalue weighted by atomic mass is 35.5.